The molecule has 0 spiro atoms. The average Bonchev–Trinajstić information content (AvgIpc) is 3.19. The first-order chi connectivity index (χ1) is 17.1. The van der Waals surface area contributed by atoms with E-state index in [1.165, 1.54) is 33.4 Å². The molecule has 189 valence electrons. The van der Waals surface area contributed by atoms with Gasteiger partial charge < -0.3 is 4.98 Å². The topological polar surface area (TPSA) is 38.8 Å². The molecule has 0 unspecified atom stereocenters. The molecule has 0 aliphatic rings. The summed E-state index contributed by atoms with van der Waals surface area (Å²) < 4.78 is 0. The predicted molar refractivity (Wildman–Crippen MR) is 154 cm³/mol. The third kappa shape index (κ3) is 6.30. The summed E-state index contributed by atoms with van der Waals surface area (Å²) in [5.41, 5.74) is 13.0. The number of benzene rings is 3. The Bertz CT molecular complexity index is 1310. The van der Waals surface area contributed by atoms with E-state index in [0.29, 0.717) is 0 Å². The van der Waals surface area contributed by atoms with Gasteiger partial charge in [0.1, 0.15) is 0 Å². The fourth-order valence-electron chi connectivity index (χ4n) is 4.82. The van der Waals surface area contributed by atoms with Crippen LogP contribution < -0.4 is 4.98 Å². The molecule has 0 N–H and O–H groups in total. The van der Waals surface area contributed by atoms with Gasteiger partial charge in [-0.05, 0) is 88.4 Å². The Hall–Kier alpha value is -2.36. The van der Waals surface area contributed by atoms with Crippen LogP contribution in [0.3, 0.4) is 0 Å². The van der Waals surface area contributed by atoms with Crippen molar-refractivity contribution in [3.8, 4) is 0 Å². The van der Waals surface area contributed by atoms with Crippen molar-refractivity contribution in [2.45, 2.75) is 55.4 Å². The summed E-state index contributed by atoms with van der Waals surface area (Å²) in [7, 11) is 9.53. The van der Waals surface area contributed by atoms with Crippen molar-refractivity contribution in [3.63, 3.8) is 0 Å². The summed E-state index contributed by atoms with van der Waals surface area (Å²) in [6.07, 6.45) is 0. The van der Waals surface area contributed by atoms with Crippen LogP contribution in [0.25, 0.3) is 10.8 Å². The zero-order chi connectivity index (χ0) is 26.6. The van der Waals surface area contributed by atoms with E-state index in [4.69, 9.17) is 35.2 Å². The zero-order valence-corrected chi connectivity index (χ0v) is 24.7. The van der Waals surface area contributed by atoms with E-state index in [-0.39, 0.29) is 13.1 Å². The molecule has 1 aromatic heterocycles. The molecule has 4 aromatic rings. The summed E-state index contributed by atoms with van der Waals surface area (Å²) in [5, 5.41) is 2.23. The molecule has 1 heterocycles. The quantitative estimate of drug-likeness (QED) is 0.181. The number of hydrogen-bond donors (Lipinski definition) is 0. The van der Waals surface area contributed by atoms with Gasteiger partial charge in [-0.1, -0.05) is 59.7 Å². The average molecular weight is 561 g/mol. The standard InChI is InChI=1S/C30H32N3.2ClH.Fe/c1-17-13-19(3)27(20(4)14-17)31-23(7)29-25-11-9-10-12-26(25)30(33-29)24(8)32-28-21(5)15-18(2)16-22(28)6;;;/h9-16H,1-8H3;2*1H;/q-1;;;+3/p-2. The number of aromatic nitrogens is 1. The van der Waals surface area contributed by atoms with Gasteiger partial charge in [-0.2, -0.15) is 0 Å². The number of aryl methyl sites for hydroxylation is 6. The molecular weight excluding hydrogens is 529 g/mol. The van der Waals surface area contributed by atoms with Crippen molar-refractivity contribution in [1.82, 2.24) is 4.98 Å². The molecule has 0 radical (unpaired) electrons. The molecule has 0 atom stereocenters. The van der Waals surface area contributed by atoms with E-state index in [1.54, 1.807) is 0 Å². The molecular formula is C30H32Cl2FeN3. The Morgan fingerprint density at radius 1 is 0.639 bits per heavy atom. The second kappa shape index (κ2) is 12.3. The third-order valence-electron chi connectivity index (χ3n) is 6.18. The van der Waals surface area contributed by atoms with Gasteiger partial charge in [0.2, 0.25) is 0 Å². The third-order valence-corrected chi connectivity index (χ3v) is 6.18. The van der Waals surface area contributed by atoms with Crippen molar-refractivity contribution >= 4 is 53.8 Å². The van der Waals surface area contributed by atoms with Gasteiger partial charge in [0.25, 0.3) is 0 Å². The Balaban J connectivity index is 0.00000115. The minimum absolute atomic E-state index is 0.194. The second-order valence-electron chi connectivity index (χ2n) is 9.29. The Morgan fingerprint density at radius 3 is 1.25 bits per heavy atom. The molecule has 0 amide bonds. The van der Waals surface area contributed by atoms with Gasteiger partial charge in [0.05, 0.1) is 11.4 Å². The number of hydrogen-bond acceptors (Lipinski definition) is 2. The molecule has 36 heavy (non-hydrogen) atoms. The summed E-state index contributed by atoms with van der Waals surface area (Å²) in [5.74, 6) is 0. The summed E-state index contributed by atoms with van der Waals surface area (Å²) in [6, 6.07) is 17.1. The van der Waals surface area contributed by atoms with Crippen LogP contribution in [0.2, 0.25) is 0 Å². The monoisotopic (exact) mass is 560 g/mol. The van der Waals surface area contributed by atoms with Crippen molar-refractivity contribution in [2.75, 3.05) is 0 Å². The molecule has 3 aromatic carbocycles. The molecule has 0 fully saturated rings. The van der Waals surface area contributed by atoms with E-state index in [9.17, 15) is 0 Å². The fourth-order valence-corrected chi connectivity index (χ4v) is 4.82. The Morgan fingerprint density at radius 2 is 0.944 bits per heavy atom. The van der Waals surface area contributed by atoms with Crippen molar-refractivity contribution in [1.29, 1.82) is 0 Å². The number of halogens is 2. The maximum absolute atomic E-state index is 5.07. The van der Waals surface area contributed by atoms with Crippen molar-refractivity contribution < 1.29 is 13.1 Å². The Labute approximate surface area is 229 Å². The fraction of sp³-hybridized carbons (Fsp3) is 0.267. The molecule has 0 aliphatic heterocycles. The van der Waals surface area contributed by atoms with E-state index < -0.39 is 0 Å². The molecule has 0 saturated carbocycles. The second-order valence-corrected chi connectivity index (χ2v) is 11.1. The van der Waals surface area contributed by atoms with Crippen LogP contribution in [0.1, 0.15) is 58.6 Å². The number of aliphatic imine (C=N–C) groups is 2. The van der Waals surface area contributed by atoms with E-state index >= 15 is 0 Å². The summed E-state index contributed by atoms with van der Waals surface area (Å²) in [4.78, 5) is 15.1. The first kappa shape index (κ1) is 28.2. The van der Waals surface area contributed by atoms with Gasteiger partial charge in [0.15, 0.2) is 0 Å². The molecule has 4 rings (SSSR count). The van der Waals surface area contributed by atoms with Crippen LogP contribution in [0.4, 0.5) is 11.4 Å². The van der Waals surface area contributed by atoms with E-state index in [2.05, 4.69) is 104 Å². The Kier molecular flexibility index (Phi) is 9.60. The van der Waals surface area contributed by atoms with Gasteiger partial charge >= 0.3 is 33.3 Å². The van der Waals surface area contributed by atoms with Crippen molar-refractivity contribution in [2.24, 2.45) is 9.98 Å². The van der Waals surface area contributed by atoms with Crippen LogP contribution in [0.5, 0.6) is 0 Å². The number of nitrogens with zero attached hydrogens (tertiary/aromatic N) is 3. The predicted octanol–water partition coefficient (Wildman–Crippen LogP) is 9.31. The summed E-state index contributed by atoms with van der Waals surface area (Å²) in [6.45, 7) is 16.8. The molecule has 3 nitrogen and oxygen atoms in total. The van der Waals surface area contributed by atoms with Gasteiger partial charge in [-0.3, -0.25) is 9.98 Å². The summed E-state index contributed by atoms with van der Waals surface area (Å²) >= 11 is 0.194. The molecule has 6 heteroatoms. The van der Waals surface area contributed by atoms with Crippen LogP contribution in [0, 0.1) is 41.5 Å². The first-order valence-electron chi connectivity index (χ1n) is 11.7. The van der Waals surface area contributed by atoms with Crippen LogP contribution >= 0.6 is 20.2 Å². The van der Waals surface area contributed by atoms with Crippen LogP contribution in [0.15, 0.2) is 58.5 Å². The van der Waals surface area contributed by atoms with Gasteiger partial charge in [-0.25, -0.2) is 0 Å². The number of fused-ring (bicyclic) bond motifs is 1. The normalized spacial score (nSPS) is 12.1. The van der Waals surface area contributed by atoms with Crippen molar-refractivity contribution in [3.05, 3.63) is 93.3 Å². The molecule has 0 saturated heterocycles. The van der Waals surface area contributed by atoms with E-state index in [1.807, 2.05) is 0 Å². The van der Waals surface area contributed by atoms with Crippen LogP contribution in [-0.2, 0) is 13.1 Å². The molecule has 0 bridgehead atoms. The van der Waals surface area contributed by atoms with E-state index in [0.717, 1.165) is 45.0 Å². The maximum atomic E-state index is 5.07. The SMILES string of the molecule is CC(=Nc1c(C)cc(C)cc1C)c1[n-]c(C(C)=Nc2c(C)cc(C)cc2C)c2ccccc12.[Cl][Fe+][Cl]. The van der Waals surface area contributed by atoms with Gasteiger partial charge in [0, 0.05) is 11.4 Å². The first-order valence-corrected chi connectivity index (χ1v) is 14.8. The molecule has 0 aliphatic carbocycles. The minimum atomic E-state index is 0.194. The van der Waals surface area contributed by atoms with Gasteiger partial charge in [-0.15, -0.1) is 11.4 Å². The van der Waals surface area contributed by atoms with Crippen LogP contribution in [-0.4, -0.2) is 11.4 Å². The zero-order valence-electron chi connectivity index (χ0n) is 22.1. The number of rotatable bonds is 4.